The fourth-order valence-corrected chi connectivity index (χ4v) is 6.05. The Hall–Kier alpha value is -2.36. The number of carbonyl (C=O) groups excluding carboxylic acids is 1. The van der Waals surface area contributed by atoms with Crippen molar-refractivity contribution in [1.82, 2.24) is 13.9 Å². The van der Waals surface area contributed by atoms with Gasteiger partial charge in [-0.1, -0.05) is 43.8 Å². The zero-order valence-corrected chi connectivity index (χ0v) is 20.8. The molecule has 1 heterocycles. The summed E-state index contributed by atoms with van der Waals surface area (Å²) >= 11 is 1.35. The van der Waals surface area contributed by atoms with Gasteiger partial charge in [0.2, 0.25) is 15.9 Å². The van der Waals surface area contributed by atoms with Crippen LogP contribution in [0.2, 0.25) is 0 Å². The maximum absolute atomic E-state index is 12.9. The number of nitrogens with one attached hydrogen (secondary N) is 1. The molecule has 3 aromatic rings. The van der Waals surface area contributed by atoms with Crippen LogP contribution in [0, 0.1) is 13.8 Å². The molecule has 0 spiro atoms. The number of sulfonamides is 1. The molecule has 172 valence electrons. The van der Waals surface area contributed by atoms with Crippen LogP contribution in [0.4, 0.5) is 5.69 Å². The smallest absolute Gasteiger partial charge is 0.243 e. The van der Waals surface area contributed by atoms with Crippen LogP contribution in [-0.2, 0) is 21.4 Å². The highest BCUT2D eigenvalue weighted by molar-refractivity contribution is 7.99. The summed E-state index contributed by atoms with van der Waals surface area (Å²) < 4.78 is 29.2. The van der Waals surface area contributed by atoms with Gasteiger partial charge in [0, 0.05) is 25.3 Å². The van der Waals surface area contributed by atoms with Crippen molar-refractivity contribution in [1.29, 1.82) is 0 Å². The van der Waals surface area contributed by atoms with Crippen LogP contribution in [-0.4, -0.2) is 47.0 Å². The lowest BCUT2D eigenvalue weighted by atomic mass is 10.1. The third-order valence-electron chi connectivity index (χ3n) is 5.42. The van der Waals surface area contributed by atoms with E-state index in [0.29, 0.717) is 30.3 Å². The summed E-state index contributed by atoms with van der Waals surface area (Å²) in [6.07, 6.45) is 0. The van der Waals surface area contributed by atoms with E-state index in [-0.39, 0.29) is 16.6 Å². The van der Waals surface area contributed by atoms with E-state index in [1.54, 1.807) is 18.2 Å². The molecule has 1 aromatic heterocycles. The minimum absolute atomic E-state index is 0.105. The summed E-state index contributed by atoms with van der Waals surface area (Å²) in [5.41, 5.74) is 4.34. The van der Waals surface area contributed by atoms with Gasteiger partial charge in [-0.15, -0.1) is 0 Å². The summed E-state index contributed by atoms with van der Waals surface area (Å²) in [6.45, 7) is 11.1. The Balaban J connectivity index is 1.83. The molecular weight excluding hydrogens is 444 g/mol. The molecule has 0 aliphatic rings. The summed E-state index contributed by atoms with van der Waals surface area (Å²) in [5.74, 6) is 0.105. The van der Waals surface area contributed by atoms with Gasteiger partial charge in [0.1, 0.15) is 0 Å². The van der Waals surface area contributed by atoms with Crippen molar-refractivity contribution in [3.8, 4) is 0 Å². The first kappa shape index (κ1) is 24.3. The predicted octanol–water partition coefficient (Wildman–Crippen LogP) is 4.43. The molecule has 32 heavy (non-hydrogen) atoms. The second-order valence-electron chi connectivity index (χ2n) is 7.48. The van der Waals surface area contributed by atoms with Crippen LogP contribution in [0.3, 0.4) is 0 Å². The monoisotopic (exact) mass is 474 g/mol. The quantitative estimate of drug-likeness (QED) is 0.464. The van der Waals surface area contributed by atoms with E-state index in [4.69, 9.17) is 0 Å². The standard InChI is InChI=1S/C23H30N4O3S2/c1-6-26(7-2)32(29,30)18-12-13-20-19(14-18)24-23(27(20)8-3)31-15-21(28)25-22-16(4)10-9-11-17(22)5/h9-14H,6-8,15H2,1-5H3,(H,25,28). The van der Waals surface area contributed by atoms with Crippen LogP contribution >= 0.6 is 11.8 Å². The van der Waals surface area contributed by atoms with Crippen molar-refractivity contribution >= 4 is 44.4 Å². The first-order chi connectivity index (χ1) is 15.2. The normalized spacial score (nSPS) is 11.9. The predicted molar refractivity (Wildman–Crippen MR) is 131 cm³/mol. The van der Waals surface area contributed by atoms with E-state index in [1.165, 1.54) is 16.1 Å². The number of hydrogen-bond donors (Lipinski definition) is 1. The Kier molecular flexibility index (Phi) is 7.63. The minimum atomic E-state index is -3.56. The van der Waals surface area contributed by atoms with Crippen molar-refractivity contribution in [3.63, 3.8) is 0 Å². The lowest BCUT2D eigenvalue weighted by Crippen LogP contribution is -2.30. The van der Waals surface area contributed by atoms with Crippen LogP contribution in [0.15, 0.2) is 46.5 Å². The number of thioether (sulfide) groups is 1. The zero-order chi connectivity index (χ0) is 23.5. The summed E-state index contributed by atoms with van der Waals surface area (Å²) in [7, 11) is -3.56. The maximum Gasteiger partial charge on any atom is 0.243 e. The first-order valence-electron chi connectivity index (χ1n) is 10.7. The molecule has 3 rings (SSSR count). The molecule has 0 bridgehead atoms. The molecule has 1 N–H and O–H groups in total. The highest BCUT2D eigenvalue weighted by Gasteiger charge is 2.23. The van der Waals surface area contributed by atoms with Gasteiger partial charge < -0.3 is 9.88 Å². The Bertz CT molecular complexity index is 1210. The molecule has 2 aromatic carbocycles. The Morgan fingerprint density at radius 3 is 2.34 bits per heavy atom. The van der Waals surface area contributed by atoms with Gasteiger partial charge in [-0.05, 0) is 50.1 Å². The molecule has 0 saturated heterocycles. The largest absolute Gasteiger partial charge is 0.325 e. The van der Waals surface area contributed by atoms with Crippen molar-refractivity contribution in [2.75, 3.05) is 24.2 Å². The number of imidazole rings is 1. The highest BCUT2D eigenvalue weighted by Crippen LogP contribution is 2.28. The van der Waals surface area contributed by atoms with Crippen molar-refractivity contribution in [3.05, 3.63) is 47.5 Å². The van der Waals surface area contributed by atoms with E-state index in [0.717, 1.165) is 22.3 Å². The molecule has 0 aliphatic carbocycles. The molecule has 7 nitrogen and oxygen atoms in total. The SMILES string of the molecule is CCN(CC)S(=O)(=O)c1ccc2c(c1)nc(SCC(=O)Nc1c(C)cccc1C)n2CC. The van der Waals surface area contributed by atoms with E-state index in [9.17, 15) is 13.2 Å². The number of aryl methyl sites for hydroxylation is 3. The number of para-hydroxylation sites is 1. The molecule has 0 aliphatic heterocycles. The average molecular weight is 475 g/mol. The fourth-order valence-electron chi connectivity index (χ4n) is 3.69. The first-order valence-corrected chi connectivity index (χ1v) is 13.1. The van der Waals surface area contributed by atoms with Crippen LogP contribution < -0.4 is 5.32 Å². The van der Waals surface area contributed by atoms with Crippen LogP contribution in [0.5, 0.6) is 0 Å². The number of fused-ring (bicyclic) bond motifs is 1. The number of amides is 1. The van der Waals surface area contributed by atoms with E-state index in [1.807, 2.05) is 57.4 Å². The Morgan fingerprint density at radius 1 is 1.09 bits per heavy atom. The van der Waals surface area contributed by atoms with E-state index in [2.05, 4.69) is 10.3 Å². The van der Waals surface area contributed by atoms with Crippen molar-refractivity contribution in [2.24, 2.45) is 0 Å². The molecule has 0 saturated carbocycles. The van der Waals surface area contributed by atoms with Gasteiger partial charge >= 0.3 is 0 Å². The topological polar surface area (TPSA) is 84.3 Å². The van der Waals surface area contributed by atoms with Crippen molar-refractivity contribution < 1.29 is 13.2 Å². The summed E-state index contributed by atoms with van der Waals surface area (Å²) in [5, 5.41) is 3.68. The molecule has 0 atom stereocenters. The summed E-state index contributed by atoms with van der Waals surface area (Å²) in [4.78, 5) is 17.5. The molecule has 0 unspecified atom stereocenters. The number of carbonyl (C=O) groups is 1. The lowest BCUT2D eigenvalue weighted by molar-refractivity contribution is -0.113. The molecular formula is C23H30N4O3S2. The number of benzene rings is 2. The number of anilines is 1. The number of nitrogens with zero attached hydrogens (tertiary/aromatic N) is 3. The lowest BCUT2D eigenvalue weighted by Gasteiger charge is -2.18. The third kappa shape index (κ3) is 4.84. The minimum Gasteiger partial charge on any atom is -0.325 e. The van der Waals surface area contributed by atoms with Crippen LogP contribution in [0.25, 0.3) is 11.0 Å². The molecule has 0 radical (unpaired) electrons. The van der Waals surface area contributed by atoms with Gasteiger partial charge in [0.15, 0.2) is 5.16 Å². The van der Waals surface area contributed by atoms with Gasteiger partial charge in [0.05, 0.1) is 21.7 Å². The third-order valence-corrected chi connectivity index (χ3v) is 8.44. The number of aromatic nitrogens is 2. The van der Waals surface area contributed by atoms with Gasteiger partial charge in [0.25, 0.3) is 0 Å². The number of hydrogen-bond acceptors (Lipinski definition) is 5. The van der Waals surface area contributed by atoms with E-state index < -0.39 is 10.0 Å². The maximum atomic E-state index is 12.9. The zero-order valence-electron chi connectivity index (χ0n) is 19.2. The summed E-state index contributed by atoms with van der Waals surface area (Å²) in [6, 6.07) is 10.9. The molecule has 9 heteroatoms. The second-order valence-corrected chi connectivity index (χ2v) is 10.4. The Labute approximate surface area is 194 Å². The average Bonchev–Trinajstić information content (AvgIpc) is 3.12. The van der Waals surface area contributed by atoms with Gasteiger partial charge in [-0.3, -0.25) is 4.79 Å². The Morgan fingerprint density at radius 2 is 1.75 bits per heavy atom. The fraction of sp³-hybridized carbons (Fsp3) is 0.391. The molecule has 1 amide bonds. The van der Waals surface area contributed by atoms with Gasteiger partial charge in [-0.2, -0.15) is 4.31 Å². The molecule has 0 fully saturated rings. The van der Waals surface area contributed by atoms with E-state index >= 15 is 0 Å². The van der Waals surface area contributed by atoms with Gasteiger partial charge in [-0.25, -0.2) is 13.4 Å². The second kappa shape index (κ2) is 10.1. The highest BCUT2D eigenvalue weighted by atomic mass is 32.2. The number of rotatable bonds is 9. The van der Waals surface area contributed by atoms with Crippen molar-refractivity contribution in [2.45, 2.75) is 51.2 Å². The van der Waals surface area contributed by atoms with Crippen LogP contribution in [0.1, 0.15) is 31.9 Å².